The SMILES string of the molecule is CCOC(=O)CCNc1ccnc(NC)c1. The highest BCUT2D eigenvalue weighted by molar-refractivity contribution is 5.70. The smallest absolute Gasteiger partial charge is 0.307 e. The molecule has 0 atom stereocenters. The van der Waals surface area contributed by atoms with Crippen LogP contribution >= 0.6 is 0 Å². The number of aromatic nitrogens is 1. The van der Waals surface area contributed by atoms with Crippen LogP contribution in [-0.2, 0) is 9.53 Å². The molecule has 0 spiro atoms. The summed E-state index contributed by atoms with van der Waals surface area (Å²) >= 11 is 0. The van der Waals surface area contributed by atoms with E-state index in [2.05, 4.69) is 15.6 Å². The van der Waals surface area contributed by atoms with Gasteiger partial charge in [0.05, 0.1) is 13.0 Å². The van der Waals surface area contributed by atoms with E-state index in [1.165, 1.54) is 0 Å². The van der Waals surface area contributed by atoms with Crippen LogP contribution in [0.4, 0.5) is 11.5 Å². The molecule has 0 bridgehead atoms. The summed E-state index contributed by atoms with van der Waals surface area (Å²) in [7, 11) is 1.81. The minimum Gasteiger partial charge on any atom is -0.466 e. The molecule has 1 heterocycles. The Kier molecular flexibility index (Phi) is 5.11. The van der Waals surface area contributed by atoms with Crippen molar-refractivity contribution in [1.82, 2.24) is 4.98 Å². The van der Waals surface area contributed by atoms with Crippen molar-refractivity contribution < 1.29 is 9.53 Å². The van der Waals surface area contributed by atoms with E-state index in [0.717, 1.165) is 11.5 Å². The van der Waals surface area contributed by atoms with Crippen LogP contribution in [0.2, 0.25) is 0 Å². The van der Waals surface area contributed by atoms with E-state index in [9.17, 15) is 4.79 Å². The molecule has 0 saturated heterocycles. The van der Waals surface area contributed by atoms with E-state index in [-0.39, 0.29) is 5.97 Å². The van der Waals surface area contributed by atoms with Crippen molar-refractivity contribution in [3.63, 3.8) is 0 Å². The van der Waals surface area contributed by atoms with Gasteiger partial charge in [-0.2, -0.15) is 0 Å². The first kappa shape index (κ1) is 12.3. The molecule has 0 fully saturated rings. The molecule has 0 aliphatic carbocycles. The third-order valence-corrected chi connectivity index (χ3v) is 1.98. The predicted octanol–water partition coefficient (Wildman–Crippen LogP) is 1.49. The lowest BCUT2D eigenvalue weighted by molar-refractivity contribution is -0.142. The number of hydrogen-bond donors (Lipinski definition) is 2. The lowest BCUT2D eigenvalue weighted by Gasteiger charge is -2.07. The van der Waals surface area contributed by atoms with E-state index >= 15 is 0 Å². The summed E-state index contributed by atoms with van der Waals surface area (Å²) in [4.78, 5) is 15.2. The van der Waals surface area contributed by atoms with Crippen LogP contribution in [0.3, 0.4) is 0 Å². The number of hydrogen-bond acceptors (Lipinski definition) is 5. The molecule has 0 aliphatic heterocycles. The average molecular weight is 223 g/mol. The normalized spacial score (nSPS) is 9.62. The van der Waals surface area contributed by atoms with Gasteiger partial charge in [0.2, 0.25) is 0 Å². The Balaban J connectivity index is 2.34. The molecule has 0 radical (unpaired) electrons. The van der Waals surface area contributed by atoms with Gasteiger partial charge >= 0.3 is 5.97 Å². The first-order chi connectivity index (χ1) is 7.76. The highest BCUT2D eigenvalue weighted by atomic mass is 16.5. The van der Waals surface area contributed by atoms with Gasteiger partial charge in [0.15, 0.2) is 0 Å². The Labute approximate surface area is 95.2 Å². The third kappa shape index (κ3) is 4.16. The van der Waals surface area contributed by atoms with Crippen molar-refractivity contribution in [3.05, 3.63) is 18.3 Å². The second kappa shape index (κ2) is 6.66. The molecule has 16 heavy (non-hydrogen) atoms. The van der Waals surface area contributed by atoms with Crippen LogP contribution < -0.4 is 10.6 Å². The zero-order valence-electron chi connectivity index (χ0n) is 9.62. The fourth-order valence-corrected chi connectivity index (χ4v) is 1.22. The molecule has 0 amide bonds. The van der Waals surface area contributed by atoms with Gasteiger partial charge in [-0.15, -0.1) is 0 Å². The number of ether oxygens (including phenoxy) is 1. The number of anilines is 2. The molecule has 5 heteroatoms. The van der Waals surface area contributed by atoms with Crippen molar-refractivity contribution in [1.29, 1.82) is 0 Å². The first-order valence-electron chi connectivity index (χ1n) is 5.29. The number of rotatable bonds is 6. The molecular formula is C11H17N3O2. The van der Waals surface area contributed by atoms with Gasteiger partial charge in [-0.25, -0.2) is 4.98 Å². The van der Waals surface area contributed by atoms with Crippen LogP contribution in [0.1, 0.15) is 13.3 Å². The summed E-state index contributed by atoms with van der Waals surface area (Å²) in [6.45, 7) is 2.79. The Hall–Kier alpha value is -1.78. The quantitative estimate of drug-likeness (QED) is 0.715. The van der Waals surface area contributed by atoms with Crippen molar-refractivity contribution >= 4 is 17.5 Å². The topological polar surface area (TPSA) is 63.2 Å². The minimum absolute atomic E-state index is 0.183. The van der Waals surface area contributed by atoms with E-state index in [4.69, 9.17) is 4.74 Å². The molecule has 1 rings (SSSR count). The maximum absolute atomic E-state index is 11.1. The number of pyridine rings is 1. The Bertz CT molecular complexity index is 342. The van der Waals surface area contributed by atoms with Gasteiger partial charge in [-0.3, -0.25) is 4.79 Å². The van der Waals surface area contributed by atoms with E-state index in [1.54, 1.807) is 13.1 Å². The van der Waals surface area contributed by atoms with Gasteiger partial charge in [0, 0.05) is 31.5 Å². The summed E-state index contributed by atoms with van der Waals surface area (Å²) in [6, 6.07) is 3.73. The van der Waals surface area contributed by atoms with Crippen molar-refractivity contribution in [2.75, 3.05) is 30.8 Å². The predicted molar refractivity (Wildman–Crippen MR) is 63.5 cm³/mol. The van der Waals surface area contributed by atoms with Crippen LogP contribution in [-0.4, -0.2) is 31.2 Å². The number of carbonyl (C=O) groups is 1. The minimum atomic E-state index is -0.183. The number of esters is 1. The monoisotopic (exact) mass is 223 g/mol. The van der Waals surface area contributed by atoms with E-state index in [1.807, 2.05) is 19.2 Å². The molecule has 2 N–H and O–H groups in total. The van der Waals surface area contributed by atoms with Gasteiger partial charge in [0.1, 0.15) is 5.82 Å². The van der Waals surface area contributed by atoms with Crippen LogP contribution in [0.25, 0.3) is 0 Å². The zero-order valence-corrected chi connectivity index (χ0v) is 9.62. The molecule has 1 aromatic heterocycles. The standard InChI is InChI=1S/C11H17N3O2/c1-3-16-11(15)5-7-13-9-4-6-14-10(8-9)12-2/h4,6,8H,3,5,7H2,1-2H3,(H2,12,13,14). The van der Waals surface area contributed by atoms with Gasteiger partial charge < -0.3 is 15.4 Å². The zero-order chi connectivity index (χ0) is 11.8. The van der Waals surface area contributed by atoms with Gasteiger partial charge in [-0.05, 0) is 13.0 Å². The second-order valence-electron chi connectivity index (χ2n) is 3.16. The largest absolute Gasteiger partial charge is 0.466 e. The summed E-state index contributed by atoms with van der Waals surface area (Å²) in [5.74, 6) is 0.610. The van der Waals surface area contributed by atoms with E-state index in [0.29, 0.717) is 19.6 Å². The van der Waals surface area contributed by atoms with Crippen molar-refractivity contribution in [2.24, 2.45) is 0 Å². The Morgan fingerprint density at radius 3 is 3.06 bits per heavy atom. The molecular weight excluding hydrogens is 206 g/mol. The third-order valence-electron chi connectivity index (χ3n) is 1.98. The fraction of sp³-hybridized carbons (Fsp3) is 0.455. The van der Waals surface area contributed by atoms with Crippen molar-refractivity contribution in [2.45, 2.75) is 13.3 Å². The van der Waals surface area contributed by atoms with Crippen molar-refractivity contribution in [3.8, 4) is 0 Å². The molecule has 0 aliphatic rings. The molecule has 0 aromatic carbocycles. The maximum atomic E-state index is 11.1. The maximum Gasteiger partial charge on any atom is 0.307 e. The summed E-state index contributed by atoms with van der Waals surface area (Å²) in [5.41, 5.74) is 0.934. The summed E-state index contributed by atoms with van der Waals surface area (Å²) in [5, 5.41) is 6.07. The Morgan fingerprint density at radius 1 is 1.56 bits per heavy atom. The lowest BCUT2D eigenvalue weighted by atomic mass is 10.3. The highest BCUT2D eigenvalue weighted by Gasteiger charge is 2.01. The fourth-order valence-electron chi connectivity index (χ4n) is 1.22. The molecule has 5 nitrogen and oxygen atoms in total. The Morgan fingerprint density at radius 2 is 2.38 bits per heavy atom. The number of carbonyl (C=O) groups excluding carboxylic acids is 1. The number of nitrogens with one attached hydrogen (secondary N) is 2. The number of nitrogens with zero attached hydrogens (tertiary/aromatic N) is 1. The molecule has 1 aromatic rings. The van der Waals surface area contributed by atoms with Crippen LogP contribution in [0.15, 0.2) is 18.3 Å². The summed E-state index contributed by atoms with van der Waals surface area (Å²) < 4.78 is 4.82. The molecule has 0 unspecified atom stereocenters. The average Bonchev–Trinajstić information content (AvgIpc) is 2.30. The van der Waals surface area contributed by atoms with Gasteiger partial charge in [0.25, 0.3) is 0 Å². The molecule has 88 valence electrons. The first-order valence-corrected chi connectivity index (χ1v) is 5.29. The highest BCUT2D eigenvalue weighted by Crippen LogP contribution is 2.10. The second-order valence-corrected chi connectivity index (χ2v) is 3.16. The summed E-state index contributed by atoms with van der Waals surface area (Å²) in [6.07, 6.45) is 2.07. The van der Waals surface area contributed by atoms with Crippen LogP contribution in [0.5, 0.6) is 0 Å². The van der Waals surface area contributed by atoms with Crippen LogP contribution in [0, 0.1) is 0 Å². The molecule has 0 saturated carbocycles. The van der Waals surface area contributed by atoms with Gasteiger partial charge in [-0.1, -0.05) is 0 Å². The lowest BCUT2D eigenvalue weighted by Crippen LogP contribution is -2.11. The van der Waals surface area contributed by atoms with E-state index < -0.39 is 0 Å².